The summed E-state index contributed by atoms with van der Waals surface area (Å²) in [5.41, 5.74) is 1.52. The van der Waals surface area contributed by atoms with Gasteiger partial charge in [-0.1, -0.05) is 24.3 Å². The third-order valence-electron chi connectivity index (χ3n) is 5.33. The smallest absolute Gasteiger partial charge is 0.251 e. The molecule has 1 unspecified atom stereocenters. The van der Waals surface area contributed by atoms with Gasteiger partial charge in [-0.25, -0.2) is 0 Å². The Morgan fingerprint density at radius 1 is 1.07 bits per heavy atom. The average molecular weight is 411 g/mol. The molecule has 6 heteroatoms. The Hall–Kier alpha value is -3.02. The third kappa shape index (κ3) is 5.99. The van der Waals surface area contributed by atoms with Gasteiger partial charge in [-0.2, -0.15) is 0 Å². The van der Waals surface area contributed by atoms with Gasteiger partial charge >= 0.3 is 0 Å². The average Bonchev–Trinajstić information content (AvgIpc) is 3.27. The lowest BCUT2D eigenvalue weighted by Crippen LogP contribution is -2.32. The van der Waals surface area contributed by atoms with Crippen molar-refractivity contribution in [2.45, 2.75) is 51.2 Å². The summed E-state index contributed by atoms with van der Waals surface area (Å²) >= 11 is 0. The molecule has 0 bridgehead atoms. The van der Waals surface area contributed by atoms with Gasteiger partial charge in [-0.15, -0.1) is 0 Å². The molecule has 1 fully saturated rings. The molecule has 3 rings (SSSR count). The molecule has 0 spiro atoms. The van der Waals surface area contributed by atoms with Crippen molar-refractivity contribution < 1.29 is 19.1 Å². The van der Waals surface area contributed by atoms with E-state index in [2.05, 4.69) is 10.6 Å². The van der Waals surface area contributed by atoms with Crippen LogP contribution in [0.1, 0.15) is 61.0 Å². The van der Waals surface area contributed by atoms with Crippen molar-refractivity contribution >= 4 is 11.8 Å². The molecule has 0 aromatic heterocycles. The van der Waals surface area contributed by atoms with E-state index in [1.165, 1.54) is 12.8 Å². The predicted molar refractivity (Wildman–Crippen MR) is 116 cm³/mol. The first-order valence-corrected chi connectivity index (χ1v) is 10.5. The van der Waals surface area contributed by atoms with Gasteiger partial charge in [0.2, 0.25) is 5.91 Å². The summed E-state index contributed by atoms with van der Waals surface area (Å²) in [5.74, 6) is 1.12. The molecule has 2 aromatic carbocycles. The highest BCUT2D eigenvalue weighted by Crippen LogP contribution is 2.33. The van der Waals surface area contributed by atoms with Gasteiger partial charge in [-0.05, 0) is 62.4 Å². The van der Waals surface area contributed by atoms with Crippen LogP contribution in [0.2, 0.25) is 0 Å². The minimum Gasteiger partial charge on any atom is -0.493 e. The fraction of sp³-hybridized carbons (Fsp3) is 0.417. The van der Waals surface area contributed by atoms with Crippen molar-refractivity contribution in [3.05, 3.63) is 59.7 Å². The van der Waals surface area contributed by atoms with Crippen LogP contribution >= 0.6 is 0 Å². The largest absolute Gasteiger partial charge is 0.493 e. The highest BCUT2D eigenvalue weighted by Gasteiger charge is 2.19. The molecule has 2 aromatic rings. The summed E-state index contributed by atoms with van der Waals surface area (Å²) in [5, 5.41) is 5.73. The zero-order valence-corrected chi connectivity index (χ0v) is 17.6. The van der Waals surface area contributed by atoms with E-state index in [0.29, 0.717) is 11.3 Å². The number of ether oxygens (including phenoxy) is 2. The van der Waals surface area contributed by atoms with Crippen molar-refractivity contribution in [3.8, 4) is 11.5 Å². The van der Waals surface area contributed by atoms with Crippen LogP contribution in [0, 0.1) is 0 Å². The Morgan fingerprint density at radius 2 is 1.80 bits per heavy atom. The Balaban J connectivity index is 1.48. The van der Waals surface area contributed by atoms with E-state index >= 15 is 0 Å². The number of carbonyl (C=O) groups excluding carboxylic acids is 2. The van der Waals surface area contributed by atoms with Crippen LogP contribution in [0.5, 0.6) is 11.5 Å². The highest BCUT2D eigenvalue weighted by atomic mass is 16.5. The van der Waals surface area contributed by atoms with Crippen molar-refractivity contribution in [1.82, 2.24) is 10.6 Å². The zero-order chi connectivity index (χ0) is 21.3. The molecular weight excluding hydrogens is 380 g/mol. The second-order valence-corrected chi connectivity index (χ2v) is 7.60. The van der Waals surface area contributed by atoms with Gasteiger partial charge in [0.05, 0.1) is 19.3 Å². The second-order valence-electron chi connectivity index (χ2n) is 7.60. The lowest BCUT2D eigenvalue weighted by molar-refractivity contribution is -0.121. The quantitative estimate of drug-likeness (QED) is 0.655. The van der Waals surface area contributed by atoms with Gasteiger partial charge < -0.3 is 20.1 Å². The fourth-order valence-corrected chi connectivity index (χ4v) is 3.61. The normalized spacial score (nSPS) is 14.7. The van der Waals surface area contributed by atoms with Crippen LogP contribution in [-0.2, 0) is 4.79 Å². The van der Waals surface area contributed by atoms with Gasteiger partial charge in [0.15, 0.2) is 11.5 Å². The zero-order valence-electron chi connectivity index (χ0n) is 17.6. The van der Waals surface area contributed by atoms with E-state index in [0.717, 1.165) is 24.2 Å². The number of carbonyl (C=O) groups is 2. The van der Waals surface area contributed by atoms with Gasteiger partial charge in [0.1, 0.15) is 0 Å². The van der Waals surface area contributed by atoms with E-state index in [1.54, 1.807) is 19.2 Å². The topological polar surface area (TPSA) is 76.7 Å². The molecule has 0 saturated heterocycles. The molecular formula is C24H30N2O4. The van der Waals surface area contributed by atoms with Crippen LogP contribution in [0.4, 0.5) is 0 Å². The Kier molecular flexibility index (Phi) is 7.71. The maximum Gasteiger partial charge on any atom is 0.251 e. The molecule has 2 amide bonds. The summed E-state index contributed by atoms with van der Waals surface area (Å²) in [7, 11) is 1.62. The lowest BCUT2D eigenvalue weighted by Gasteiger charge is -2.19. The summed E-state index contributed by atoms with van der Waals surface area (Å²) in [6.07, 6.45) is 5.05. The molecule has 6 nitrogen and oxygen atoms in total. The van der Waals surface area contributed by atoms with Crippen LogP contribution in [0.3, 0.4) is 0 Å². The number of methoxy groups -OCH3 is 1. The molecule has 0 heterocycles. The Morgan fingerprint density at radius 3 is 2.50 bits per heavy atom. The predicted octanol–water partition coefficient (Wildman–Crippen LogP) is 4.01. The highest BCUT2D eigenvalue weighted by molar-refractivity contribution is 5.94. The number of amides is 2. The fourth-order valence-electron chi connectivity index (χ4n) is 3.61. The van der Waals surface area contributed by atoms with E-state index in [4.69, 9.17) is 9.47 Å². The summed E-state index contributed by atoms with van der Waals surface area (Å²) < 4.78 is 11.6. The van der Waals surface area contributed by atoms with E-state index in [9.17, 15) is 9.59 Å². The molecule has 2 N–H and O–H groups in total. The number of hydrogen-bond donors (Lipinski definition) is 2. The number of rotatable bonds is 9. The first kappa shape index (κ1) is 21.7. The van der Waals surface area contributed by atoms with Crippen molar-refractivity contribution in [2.24, 2.45) is 0 Å². The molecule has 160 valence electrons. The Labute approximate surface area is 178 Å². The van der Waals surface area contributed by atoms with Crippen LogP contribution in [0.25, 0.3) is 0 Å². The third-order valence-corrected chi connectivity index (χ3v) is 5.33. The maximum atomic E-state index is 12.3. The monoisotopic (exact) mass is 410 g/mol. The summed E-state index contributed by atoms with van der Waals surface area (Å²) in [6, 6.07) is 14.5. The van der Waals surface area contributed by atoms with Crippen molar-refractivity contribution in [1.29, 1.82) is 0 Å². The number of benzene rings is 2. The van der Waals surface area contributed by atoms with Crippen LogP contribution in [0.15, 0.2) is 48.5 Å². The minimum absolute atomic E-state index is 0.124. The number of nitrogens with one attached hydrogen (secondary N) is 2. The van der Waals surface area contributed by atoms with E-state index in [-0.39, 0.29) is 36.9 Å². The molecule has 1 atom stereocenters. The van der Waals surface area contributed by atoms with Gasteiger partial charge in [-0.3, -0.25) is 9.59 Å². The van der Waals surface area contributed by atoms with Crippen LogP contribution in [-0.4, -0.2) is 31.6 Å². The van der Waals surface area contributed by atoms with Crippen molar-refractivity contribution in [3.63, 3.8) is 0 Å². The Bertz CT molecular complexity index is 848. The van der Waals surface area contributed by atoms with Gasteiger partial charge in [0, 0.05) is 18.5 Å². The molecule has 0 radical (unpaired) electrons. The molecule has 1 saturated carbocycles. The van der Waals surface area contributed by atoms with Gasteiger partial charge in [0.25, 0.3) is 5.91 Å². The minimum atomic E-state index is -0.184. The summed E-state index contributed by atoms with van der Waals surface area (Å²) in [6.45, 7) is 2.20. The molecule has 0 aliphatic heterocycles. The SMILES string of the molecule is COc1cc(C(C)NC(=O)CCNC(=O)c2ccccc2)ccc1OC1CCCC1. The first-order valence-electron chi connectivity index (χ1n) is 10.5. The standard InChI is InChI=1S/C24H30N2O4/c1-17(26-23(27)14-15-25-24(28)18-8-4-3-5-9-18)19-12-13-21(22(16-19)29-2)30-20-10-6-7-11-20/h3-5,8-9,12-13,16-17,20H,6-7,10-11,14-15H2,1-2H3,(H,25,28)(H,26,27). The second kappa shape index (κ2) is 10.7. The lowest BCUT2D eigenvalue weighted by atomic mass is 10.1. The maximum absolute atomic E-state index is 12.3. The van der Waals surface area contributed by atoms with E-state index < -0.39 is 0 Å². The number of hydrogen-bond acceptors (Lipinski definition) is 4. The van der Waals surface area contributed by atoms with Crippen LogP contribution < -0.4 is 20.1 Å². The molecule has 1 aliphatic carbocycles. The summed E-state index contributed by atoms with van der Waals surface area (Å²) in [4.78, 5) is 24.3. The molecule has 30 heavy (non-hydrogen) atoms. The first-order chi connectivity index (χ1) is 14.6. The van der Waals surface area contributed by atoms with E-state index in [1.807, 2.05) is 43.3 Å². The van der Waals surface area contributed by atoms with Crippen molar-refractivity contribution in [2.75, 3.05) is 13.7 Å². The molecule has 1 aliphatic rings.